The predicted octanol–water partition coefficient (Wildman–Crippen LogP) is 4.21. The fourth-order valence-corrected chi connectivity index (χ4v) is 4.18. The van der Waals surface area contributed by atoms with Crippen molar-refractivity contribution >= 4 is 17.5 Å². The minimum atomic E-state index is -0.789. The first-order valence-electron chi connectivity index (χ1n) is 11.8. The molecule has 4 rings (SSSR count). The van der Waals surface area contributed by atoms with E-state index in [1.165, 1.54) is 12.1 Å². The molecule has 2 amide bonds. The lowest BCUT2D eigenvalue weighted by Gasteiger charge is -2.22. The maximum atomic E-state index is 14.8. The molecule has 9 heteroatoms. The van der Waals surface area contributed by atoms with Gasteiger partial charge < -0.3 is 19.9 Å². The molecule has 0 fully saturated rings. The van der Waals surface area contributed by atoms with E-state index in [1.807, 2.05) is 18.4 Å². The predicted molar refractivity (Wildman–Crippen MR) is 131 cm³/mol. The van der Waals surface area contributed by atoms with Crippen LogP contribution in [0.1, 0.15) is 49.3 Å². The minimum absolute atomic E-state index is 0.176. The lowest BCUT2D eigenvalue weighted by atomic mass is 10.0. The molecule has 1 aliphatic heterocycles. The van der Waals surface area contributed by atoms with Gasteiger partial charge in [-0.1, -0.05) is 20.3 Å². The van der Waals surface area contributed by atoms with Gasteiger partial charge in [-0.2, -0.15) is 0 Å². The Balaban J connectivity index is 1.52. The number of carbonyl (C=O) groups excluding carboxylic acids is 2. The molecule has 1 unspecified atom stereocenters. The third kappa shape index (κ3) is 5.50. The zero-order valence-corrected chi connectivity index (χ0v) is 20.2. The highest BCUT2D eigenvalue weighted by atomic mass is 19.1. The van der Waals surface area contributed by atoms with Gasteiger partial charge in [0.15, 0.2) is 5.82 Å². The van der Waals surface area contributed by atoms with Crippen LogP contribution in [0.3, 0.4) is 0 Å². The van der Waals surface area contributed by atoms with Gasteiger partial charge in [-0.3, -0.25) is 9.59 Å². The van der Waals surface area contributed by atoms with Gasteiger partial charge in [0.2, 0.25) is 5.91 Å². The molecule has 1 aromatic heterocycles. The molecule has 1 atom stereocenters. The van der Waals surface area contributed by atoms with E-state index in [9.17, 15) is 14.0 Å². The number of ether oxygens (including phenoxy) is 1. The van der Waals surface area contributed by atoms with Gasteiger partial charge in [-0.05, 0) is 61.2 Å². The number of benzene rings is 2. The summed E-state index contributed by atoms with van der Waals surface area (Å²) in [6.45, 7) is 4.43. The van der Waals surface area contributed by atoms with Crippen LogP contribution in [0.5, 0.6) is 5.75 Å². The van der Waals surface area contributed by atoms with Crippen molar-refractivity contribution in [2.75, 3.05) is 12.4 Å². The van der Waals surface area contributed by atoms with Crippen LogP contribution in [-0.4, -0.2) is 39.7 Å². The van der Waals surface area contributed by atoms with Crippen molar-refractivity contribution in [3.05, 3.63) is 59.7 Å². The standard InChI is InChI=1S/C26H30FN5O3/c1-16(2)23(29-25(33)17-8-11-19(35-3)12-9-17)26(34)28-18-10-13-21(27)20(15-18)24-31-30-22-7-5-4-6-14-32(22)24/h8-13,15-16,23H,4-7,14H2,1-3H3,(H,28,34)(H,29,33). The molecule has 0 spiro atoms. The lowest BCUT2D eigenvalue weighted by molar-refractivity contribution is -0.118. The summed E-state index contributed by atoms with van der Waals surface area (Å²) >= 11 is 0. The second-order valence-corrected chi connectivity index (χ2v) is 9.01. The van der Waals surface area contributed by atoms with Crippen LogP contribution >= 0.6 is 0 Å². The number of amides is 2. The zero-order valence-electron chi connectivity index (χ0n) is 20.2. The van der Waals surface area contributed by atoms with Gasteiger partial charge in [0.05, 0.1) is 12.7 Å². The van der Waals surface area contributed by atoms with Crippen molar-refractivity contribution in [1.82, 2.24) is 20.1 Å². The molecule has 2 aromatic carbocycles. The third-order valence-corrected chi connectivity index (χ3v) is 6.17. The molecular formula is C26H30FN5O3. The Morgan fingerprint density at radius 3 is 2.54 bits per heavy atom. The summed E-state index contributed by atoms with van der Waals surface area (Å²) in [4.78, 5) is 25.8. The summed E-state index contributed by atoms with van der Waals surface area (Å²) in [6.07, 6.45) is 3.94. The first-order chi connectivity index (χ1) is 16.9. The van der Waals surface area contributed by atoms with Crippen LogP contribution in [0.4, 0.5) is 10.1 Å². The smallest absolute Gasteiger partial charge is 0.251 e. The second-order valence-electron chi connectivity index (χ2n) is 9.01. The molecule has 1 aliphatic rings. The van der Waals surface area contributed by atoms with Crippen LogP contribution < -0.4 is 15.4 Å². The largest absolute Gasteiger partial charge is 0.497 e. The number of hydrogen-bond acceptors (Lipinski definition) is 5. The highest BCUT2D eigenvalue weighted by Gasteiger charge is 2.26. The van der Waals surface area contributed by atoms with E-state index in [4.69, 9.17) is 4.74 Å². The molecule has 2 N–H and O–H groups in total. The van der Waals surface area contributed by atoms with Crippen LogP contribution in [-0.2, 0) is 17.8 Å². The SMILES string of the molecule is COc1ccc(C(=O)NC(C(=O)Nc2ccc(F)c(-c3nnc4n3CCCCC4)c2)C(C)C)cc1. The van der Waals surface area contributed by atoms with Gasteiger partial charge in [0, 0.05) is 24.2 Å². The number of fused-ring (bicyclic) bond motifs is 1. The number of hydrogen-bond donors (Lipinski definition) is 2. The molecule has 0 saturated heterocycles. The van der Waals surface area contributed by atoms with Crippen molar-refractivity contribution < 1.29 is 18.7 Å². The van der Waals surface area contributed by atoms with Crippen LogP contribution in [0.15, 0.2) is 42.5 Å². The van der Waals surface area contributed by atoms with E-state index in [0.29, 0.717) is 22.8 Å². The molecule has 0 bridgehead atoms. The Labute approximate surface area is 203 Å². The Morgan fingerprint density at radius 2 is 1.83 bits per heavy atom. The molecule has 35 heavy (non-hydrogen) atoms. The fourth-order valence-electron chi connectivity index (χ4n) is 4.18. The molecular weight excluding hydrogens is 449 g/mol. The highest BCUT2D eigenvalue weighted by Crippen LogP contribution is 2.27. The first kappa shape index (κ1) is 24.4. The van der Waals surface area contributed by atoms with Crippen molar-refractivity contribution in [2.45, 2.75) is 52.1 Å². The fraction of sp³-hybridized carbons (Fsp3) is 0.385. The molecule has 2 heterocycles. The van der Waals surface area contributed by atoms with E-state index in [0.717, 1.165) is 38.1 Å². The molecule has 0 saturated carbocycles. The van der Waals surface area contributed by atoms with Crippen LogP contribution in [0.25, 0.3) is 11.4 Å². The van der Waals surface area contributed by atoms with E-state index in [-0.39, 0.29) is 23.3 Å². The quantitative estimate of drug-likeness (QED) is 0.529. The molecule has 0 aliphatic carbocycles. The summed E-state index contributed by atoms with van der Waals surface area (Å²) in [5.74, 6) is 0.583. The molecule has 184 valence electrons. The molecule has 8 nitrogen and oxygen atoms in total. The Bertz CT molecular complexity index is 1210. The number of aryl methyl sites for hydroxylation is 1. The van der Waals surface area contributed by atoms with E-state index in [2.05, 4.69) is 20.8 Å². The number of aromatic nitrogens is 3. The number of halogens is 1. The van der Waals surface area contributed by atoms with Crippen molar-refractivity contribution in [3.63, 3.8) is 0 Å². The van der Waals surface area contributed by atoms with Gasteiger partial charge in [0.1, 0.15) is 23.4 Å². The number of nitrogens with zero attached hydrogens (tertiary/aromatic N) is 3. The minimum Gasteiger partial charge on any atom is -0.497 e. The summed E-state index contributed by atoms with van der Waals surface area (Å²) < 4.78 is 21.9. The van der Waals surface area contributed by atoms with Crippen molar-refractivity contribution in [3.8, 4) is 17.1 Å². The highest BCUT2D eigenvalue weighted by molar-refractivity contribution is 6.01. The van der Waals surface area contributed by atoms with Crippen molar-refractivity contribution in [2.24, 2.45) is 5.92 Å². The lowest BCUT2D eigenvalue weighted by Crippen LogP contribution is -2.47. The summed E-state index contributed by atoms with van der Waals surface area (Å²) in [7, 11) is 1.55. The van der Waals surface area contributed by atoms with Gasteiger partial charge in [0.25, 0.3) is 5.91 Å². The van der Waals surface area contributed by atoms with E-state index in [1.54, 1.807) is 37.4 Å². The average molecular weight is 480 g/mol. The van der Waals surface area contributed by atoms with Crippen LogP contribution in [0, 0.1) is 11.7 Å². The zero-order chi connectivity index (χ0) is 24.9. The topological polar surface area (TPSA) is 98.1 Å². The van der Waals surface area contributed by atoms with E-state index < -0.39 is 11.9 Å². The van der Waals surface area contributed by atoms with Crippen molar-refractivity contribution in [1.29, 1.82) is 0 Å². The van der Waals surface area contributed by atoms with Gasteiger partial charge in [-0.15, -0.1) is 10.2 Å². The monoisotopic (exact) mass is 479 g/mol. The molecule has 3 aromatic rings. The number of carbonyl (C=O) groups is 2. The average Bonchev–Trinajstić information content (AvgIpc) is 3.10. The second kappa shape index (κ2) is 10.7. The first-order valence-corrected chi connectivity index (χ1v) is 11.8. The van der Waals surface area contributed by atoms with Crippen LogP contribution in [0.2, 0.25) is 0 Å². The summed E-state index contributed by atoms with van der Waals surface area (Å²) in [5.41, 5.74) is 1.12. The number of nitrogens with one attached hydrogen (secondary N) is 2. The normalized spacial score (nSPS) is 14.1. The number of anilines is 1. The number of rotatable bonds is 7. The van der Waals surface area contributed by atoms with Gasteiger partial charge >= 0.3 is 0 Å². The maximum absolute atomic E-state index is 14.8. The van der Waals surface area contributed by atoms with E-state index >= 15 is 0 Å². The molecule has 0 radical (unpaired) electrons. The maximum Gasteiger partial charge on any atom is 0.251 e. The Kier molecular flexibility index (Phi) is 7.43. The summed E-state index contributed by atoms with van der Waals surface area (Å²) in [5, 5.41) is 14.1. The Morgan fingerprint density at radius 1 is 1.06 bits per heavy atom. The number of methoxy groups -OCH3 is 1. The third-order valence-electron chi connectivity index (χ3n) is 6.17. The van der Waals surface area contributed by atoms with Gasteiger partial charge in [-0.25, -0.2) is 4.39 Å². The summed E-state index contributed by atoms with van der Waals surface area (Å²) in [6, 6.07) is 10.2. The Hall–Kier alpha value is -3.75.